The second-order valence-corrected chi connectivity index (χ2v) is 5.41. The minimum absolute atomic E-state index is 0.0326. The van der Waals surface area contributed by atoms with Gasteiger partial charge < -0.3 is 10.3 Å². The molecule has 18 heavy (non-hydrogen) atoms. The molecular weight excluding hydrogens is 226 g/mol. The molecule has 2 aromatic rings. The lowest BCUT2D eigenvalue weighted by molar-refractivity contribution is 0.353. The molecule has 4 heteroatoms. The predicted octanol–water partition coefficient (Wildman–Crippen LogP) is 2.46. The summed E-state index contributed by atoms with van der Waals surface area (Å²) in [6.45, 7) is 6.63. The van der Waals surface area contributed by atoms with Crippen LogP contribution in [0, 0.1) is 0 Å². The highest BCUT2D eigenvalue weighted by Crippen LogP contribution is 2.25. The molecule has 4 nitrogen and oxygen atoms in total. The minimum atomic E-state index is -0.114. The summed E-state index contributed by atoms with van der Waals surface area (Å²) in [6.07, 6.45) is 0. The number of hydrogen-bond donors (Lipinski definition) is 1. The van der Waals surface area contributed by atoms with Crippen molar-refractivity contribution in [3.8, 4) is 0 Å². The lowest BCUT2D eigenvalue weighted by atomic mass is 9.95. The third-order valence-corrected chi connectivity index (χ3v) is 2.85. The van der Waals surface area contributed by atoms with E-state index in [1.165, 1.54) is 0 Å². The summed E-state index contributed by atoms with van der Waals surface area (Å²) in [5.41, 5.74) is 6.81. The summed E-state index contributed by atoms with van der Waals surface area (Å²) in [6, 6.07) is 10.0. The fourth-order valence-corrected chi connectivity index (χ4v) is 1.75. The second-order valence-electron chi connectivity index (χ2n) is 5.41. The van der Waals surface area contributed by atoms with E-state index in [1.807, 2.05) is 30.3 Å². The van der Waals surface area contributed by atoms with Crippen LogP contribution >= 0.6 is 0 Å². The van der Waals surface area contributed by atoms with Crippen LogP contribution in [-0.2, 0) is 5.41 Å². The molecule has 0 fully saturated rings. The van der Waals surface area contributed by atoms with Crippen molar-refractivity contribution < 1.29 is 4.52 Å². The Kier molecular flexibility index (Phi) is 3.48. The van der Waals surface area contributed by atoms with Gasteiger partial charge in [0.1, 0.15) is 0 Å². The van der Waals surface area contributed by atoms with Crippen LogP contribution in [0.25, 0.3) is 0 Å². The zero-order valence-electron chi connectivity index (χ0n) is 11.1. The van der Waals surface area contributed by atoms with E-state index in [1.54, 1.807) is 0 Å². The molecule has 0 saturated heterocycles. The van der Waals surface area contributed by atoms with Crippen LogP contribution in [0.5, 0.6) is 0 Å². The second kappa shape index (κ2) is 4.90. The first-order chi connectivity index (χ1) is 8.52. The van der Waals surface area contributed by atoms with Crippen molar-refractivity contribution in [1.29, 1.82) is 0 Å². The van der Waals surface area contributed by atoms with E-state index < -0.39 is 0 Å². The van der Waals surface area contributed by atoms with Gasteiger partial charge in [-0.3, -0.25) is 0 Å². The molecule has 1 unspecified atom stereocenters. The molecule has 0 aliphatic carbocycles. The maximum absolute atomic E-state index is 5.83. The van der Waals surface area contributed by atoms with E-state index in [-0.39, 0.29) is 11.3 Å². The Morgan fingerprint density at radius 1 is 1.22 bits per heavy atom. The van der Waals surface area contributed by atoms with Crippen molar-refractivity contribution in [2.45, 2.75) is 32.1 Å². The summed E-state index contributed by atoms with van der Waals surface area (Å²) in [4.78, 5) is 4.47. The Hall–Kier alpha value is -1.68. The van der Waals surface area contributed by atoms with Crippen LogP contribution in [0.1, 0.15) is 44.0 Å². The zero-order chi connectivity index (χ0) is 13.2. The Morgan fingerprint density at radius 3 is 2.39 bits per heavy atom. The van der Waals surface area contributed by atoms with Gasteiger partial charge in [0.15, 0.2) is 5.82 Å². The van der Waals surface area contributed by atoms with Crippen LogP contribution in [0.2, 0.25) is 0 Å². The van der Waals surface area contributed by atoms with Gasteiger partial charge >= 0.3 is 0 Å². The summed E-state index contributed by atoms with van der Waals surface area (Å²) < 4.78 is 5.36. The molecule has 0 radical (unpaired) electrons. The highest BCUT2D eigenvalue weighted by molar-refractivity contribution is 5.25. The van der Waals surface area contributed by atoms with E-state index in [0.29, 0.717) is 18.3 Å². The van der Waals surface area contributed by atoms with Crippen molar-refractivity contribution in [2.24, 2.45) is 5.73 Å². The number of rotatable bonds is 3. The summed E-state index contributed by atoms with van der Waals surface area (Å²) in [7, 11) is 0. The van der Waals surface area contributed by atoms with Gasteiger partial charge in [-0.1, -0.05) is 56.3 Å². The molecule has 2 N–H and O–H groups in total. The van der Waals surface area contributed by atoms with Crippen LogP contribution in [0.3, 0.4) is 0 Å². The number of nitrogens with two attached hydrogens (primary N) is 1. The Bertz CT molecular complexity index is 499. The quantitative estimate of drug-likeness (QED) is 0.902. The van der Waals surface area contributed by atoms with E-state index in [9.17, 15) is 0 Å². The Labute approximate surface area is 107 Å². The molecule has 0 amide bonds. The number of benzene rings is 1. The first-order valence-electron chi connectivity index (χ1n) is 6.11. The largest absolute Gasteiger partial charge is 0.339 e. The lowest BCUT2D eigenvalue weighted by Crippen LogP contribution is -2.16. The molecule has 1 aromatic carbocycles. The Morgan fingerprint density at radius 2 is 1.89 bits per heavy atom. The fraction of sp³-hybridized carbons (Fsp3) is 0.429. The van der Waals surface area contributed by atoms with E-state index in [4.69, 9.17) is 10.3 Å². The molecule has 1 heterocycles. The van der Waals surface area contributed by atoms with Gasteiger partial charge in [-0.25, -0.2) is 0 Å². The Balaban J connectivity index is 2.32. The highest BCUT2D eigenvalue weighted by atomic mass is 16.5. The molecular formula is C14H19N3O. The van der Waals surface area contributed by atoms with Crippen LogP contribution < -0.4 is 5.73 Å². The molecule has 0 spiro atoms. The monoisotopic (exact) mass is 245 g/mol. The summed E-state index contributed by atoms with van der Waals surface area (Å²) >= 11 is 0. The van der Waals surface area contributed by atoms with E-state index in [2.05, 4.69) is 30.9 Å². The first kappa shape index (κ1) is 12.8. The van der Waals surface area contributed by atoms with Gasteiger partial charge in [0.25, 0.3) is 0 Å². The van der Waals surface area contributed by atoms with Gasteiger partial charge in [0.05, 0.1) is 5.92 Å². The molecule has 0 saturated carbocycles. The molecule has 0 aliphatic heterocycles. The highest BCUT2D eigenvalue weighted by Gasteiger charge is 2.25. The third-order valence-electron chi connectivity index (χ3n) is 2.85. The maximum atomic E-state index is 5.83. The van der Waals surface area contributed by atoms with Crippen molar-refractivity contribution in [3.63, 3.8) is 0 Å². The number of nitrogens with zero attached hydrogens (tertiary/aromatic N) is 2. The third kappa shape index (κ3) is 2.59. The standard InChI is InChI=1S/C14H19N3O/c1-14(2,3)13-16-12(18-17-13)11(9-15)10-7-5-4-6-8-10/h4-8,11H,9,15H2,1-3H3. The number of hydrogen-bond acceptors (Lipinski definition) is 4. The van der Waals surface area contributed by atoms with Gasteiger partial charge in [0.2, 0.25) is 5.89 Å². The van der Waals surface area contributed by atoms with Gasteiger partial charge in [-0.2, -0.15) is 4.98 Å². The number of aromatic nitrogens is 2. The predicted molar refractivity (Wildman–Crippen MR) is 70.3 cm³/mol. The molecule has 2 rings (SSSR count). The topological polar surface area (TPSA) is 64.9 Å². The molecule has 0 aliphatic rings. The normalized spacial score (nSPS) is 13.6. The molecule has 1 aromatic heterocycles. The van der Waals surface area contributed by atoms with Crippen LogP contribution in [0.15, 0.2) is 34.9 Å². The average Bonchev–Trinajstić information content (AvgIpc) is 2.81. The van der Waals surface area contributed by atoms with Crippen LogP contribution in [0.4, 0.5) is 0 Å². The zero-order valence-corrected chi connectivity index (χ0v) is 11.1. The average molecular weight is 245 g/mol. The van der Waals surface area contributed by atoms with Gasteiger partial charge in [-0.05, 0) is 5.56 Å². The van der Waals surface area contributed by atoms with Crippen molar-refractivity contribution in [1.82, 2.24) is 10.1 Å². The van der Waals surface area contributed by atoms with Gasteiger partial charge in [-0.15, -0.1) is 0 Å². The smallest absolute Gasteiger partial charge is 0.235 e. The fourth-order valence-electron chi connectivity index (χ4n) is 1.75. The van der Waals surface area contributed by atoms with E-state index >= 15 is 0 Å². The maximum Gasteiger partial charge on any atom is 0.235 e. The van der Waals surface area contributed by atoms with Gasteiger partial charge in [0, 0.05) is 12.0 Å². The molecule has 1 atom stereocenters. The van der Waals surface area contributed by atoms with Crippen molar-refractivity contribution >= 4 is 0 Å². The minimum Gasteiger partial charge on any atom is -0.339 e. The lowest BCUT2D eigenvalue weighted by Gasteiger charge is -2.12. The summed E-state index contributed by atoms with van der Waals surface area (Å²) in [5.74, 6) is 1.27. The SMILES string of the molecule is CC(C)(C)c1noc(C(CN)c2ccccc2)n1. The van der Waals surface area contributed by atoms with Crippen molar-refractivity contribution in [3.05, 3.63) is 47.6 Å². The van der Waals surface area contributed by atoms with Crippen molar-refractivity contribution in [2.75, 3.05) is 6.54 Å². The summed E-state index contributed by atoms with van der Waals surface area (Å²) in [5, 5.41) is 4.04. The first-order valence-corrected chi connectivity index (χ1v) is 6.11. The van der Waals surface area contributed by atoms with Crippen LogP contribution in [-0.4, -0.2) is 16.7 Å². The van der Waals surface area contributed by atoms with E-state index in [0.717, 1.165) is 5.56 Å². The molecule has 96 valence electrons. The molecule has 0 bridgehead atoms.